The van der Waals surface area contributed by atoms with Gasteiger partial charge >= 0.3 is 0 Å². The van der Waals surface area contributed by atoms with Gasteiger partial charge in [-0.15, -0.1) is 11.8 Å². The van der Waals surface area contributed by atoms with E-state index >= 15 is 0 Å². The molecule has 0 unspecified atom stereocenters. The van der Waals surface area contributed by atoms with Gasteiger partial charge in [-0.05, 0) is 0 Å². The van der Waals surface area contributed by atoms with E-state index < -0.39 is 9.84 Å². The molecule has 0 fully saturated rings. The minimum absolute atomic E-state index is 0.123. The molecule has 19 heavy (non-hydrogen) atoms. The summed E-state index contributed by atoms with van der Waals surface area (Å²) in [6.45, 7) is 6.02. The van der Waals surface area contributed by atoms with Crippen LogP contribution in [0.5, 0.6) is 0 Å². The smallest absolute Gasteiger partial charge is 0.148 e. The lowest BCUT2D eigenvalue weighted by Crippen LogP contribution is -2.19. The summed E-state index contributed by atoms with van der Waals surface area (Å²) in [6.07, 6.45) is 1.22. The molecule has 108 valence electrons. The van der Waals surface area contributed by atoms with E-state index in [0.29, 0.717) is 17.4 Å². The zero-order valence-corrected chi connectivity index (χ0v) is 13.2. The SMILES string of the molecule is CC(C)(C)c1nc(NN)cc(SCCS(C)(=O)=O)n1. The van der Waals surface area contributed by atoms with Crippen molar-refractivity contribution >= 4 is 27.4 Å². The molecule has 3 N–H and O–H groups in total. The highest BCUT2D eigenvalue weighted by molar-refractivity contribution is 8.00. The Kier molecular flexibility index (Phi) is 5.17. The van der Waals surface area contributed by atoms with Crippen molar-refractivity contribution < 1.29 is 8.42 Å². The number of hydrazine groups is 1. The van der Waals surface area contributed by atoms with Crippen molar-refractivity contribution in [1.82, 2.24) is 9.97 Å². The Morgan fingerprint density at radius 1 is 1.37 bits per heavy atom. The lowest BCUT2D eigenvalue weighted by molar-refractivity contribution is 0.539. The molecule has 1 rings (SSSR count). The standard InChI is InChI=1S/C11H20N4O2S2/c1-11(2,3)10-13-8(15-12)7-9(14-10)18-5-6-19(4,16)17/h7H,5-6,12H2,1-4H3,(H,13,14,15). The molecule has 1 heterocycles. The van der Waals surface area contributed by atoms with E-state index in [0.717, 1.165) is 5.03 Å². The third-order valence-electron chi connectivity index (χ3n) is 2.23. The second kappa shape index (κ2) is 6.06. The minimum atomic E-state index is -2.95. The van der Waals surface area contributed by atoms with Gasteiger partial charge in [0.25, 0.3) is 0 Å². The van der Waals surface area contributed by atoms with E-state index in [1.54, 1.807) is 6.07 Å². The Morgan fingerprint density at radius 2 is 2.00 bits per heavy atom. The van der Waals surface area contributed by atoms with Crippen LogP contribution in [0.3, 0.4) is 0 Å². The molecule has 0 saturated carbocycles. The van der Waals surface area contributed by atoms with Crippen LogP contribution < -0.4 is 11.3 Å². The third kappa shape index (κ3) is 5.75. The van der Waals surface area contributed by atoms with Crippen LogP contribution in [0, 0.1) is 0 Å². The van der Waals surface area contributed by atoms with E-state index in [1.807, 2.05) is 20.8 Å². The predicted molar refractivity (Wildman–Crippen MR) is 79.0 cm³/mol. The van der Waals surface area contributed by atoms with Crippen LogP contribution in [0.2, 0.25) is 0 Å². The number of nitrogens with one attached hydrogen (secondary N) is 1. The van der Waals surface area contributed by atoms with Gasteiger partial charge < -0.3 is 5.43 Å². The van der Waals surface area contributed by atoms with Gasteiger partial charge in [0.05, 0.1) is 5.75 Å². The number of hydrogen-bond donors (Lipinski definition) is 2. The molecule has 0 aliphatic heterocycles. The first-order chi connectivity index (χ1) is 8.62. The second-order valence-corrected chi connectivity index (χ2v) is 8.66. The zero-order chi connectivity index (χ0) is 14.7. The van der Waals surface area contributed by atoms with Crippen molar-refractivity contribution in [3.8, 4) is 0 Å². The molecule has 0 atom stereocenters. The molecular weight excluding hydrogens is 284 g/mol. The first-order valence-corrected chi connectivity index (χ1v) is 8.83. The van der Waals surface area contributed by atoms with E-state index in [4.69, 9.17) is 5.84 Å². The Morgan fingerprint density at radius 3 is 2.47 bits per heavy atom. The Hall–Kier alpha value is -0.860. The van der Waals surface area contributed by atoms with Crippen molar-refractivity contribution in [1.29, 1.82) is 0 Å². The molecule has 1 aromatic rings. The van der Waals surface area contributed by atoms with E-state index in [2.05, 4.69) is 15.4 Å². The van der Waals surface area contributed by atoms with Crippen LogP contribution in [0.25, 0.3) is 0 Å². The summed E-state index contributed by atoms with van der Waals surface area (Å²) in [7, 11) is -2.95. The maximum absolute atomic E-state index is 11.1. The lowest BCUT2D eigenvalue weighted by atomic mass is 9.96. The first-order valence-electron chi connectivity index (χ1n) is 5.78. The Labute approximate surface area is 118 Å². The van der Waals surface area contributed by atoms with Gasteiger partial charge in [0.1, 0.15) is 26.5 Å². The summed E-state index contributed by atoms with van der Waals surface area (Å²) in [5, 5.41) is 0.719. The van der Waals surface area contributed by atoms with Crippen LogP contribution in [0.4, 0.5) is 5.82 Å². The lowest BCUT2D eigenvalue weighted by Gasteiger charge is -2.18. The molecule has 0 spiro atoms. The molecule has 0 aromatic carbocycles. The van der Waals surface area contributed by atoms with E-state index in [1.165, 1.54) is 18.0 Å². The van der Waals surface area contributed by atoms with Crippen LogP contribution >= 0.6 is 11.8 Å². The molecule has 0 aliphatic carbocycles. The minimum Gasteiger partial charge on any atom is -0.308 e. The zero-order valence-electron chi connectivity index (χ0n) is 11.6. The first kappa shape index (κ1) is 16.2. The molecule has 6 nitrogen and oxygen atoms in total. The van der Waals surface area contributed by atoms with Crippen molar-refractivity contribution in [2.75, 3.05) is 23.2 Å². The van der Waals surface area contributed by atoms with Gasteiger partial charge in [0.15, 0.2) is 0 Å². The summed E-state index contributed by atoms with van der Waals surface area (Å²) in [6, 6.07) is 1.71. The third-order valence-corrected chi connectivity index (χ3v) is 4.34. The molecule has 0 radical (unpaired) electrons. The average Bonchev–Trinajstić information content (AvgIpc) is 2.25. The van der Waals surface area contributed by atoms with Crippen molar-refractivity contribution in [3.63, 3.8) is 0 Å². The Balaban J connectivity index is 2.89. The number of rotatable bonds is 5. The average molecular weight is 304 g/mol. The number of thioether (sulfide) groups is 1. The maximum Gasteiger partial charge on any atom is 0.148 e. The van der Waals surface area contributed by atoms with E-state index in [-0.39, 0.29) is 11.2 Å². The number of nitrogen functional groups attached to an aromatic ring is 1. The van der Waals surface area contributed by atoms with Gasteiger partial charge in [0.2, 0.25) is 0 Å². The highest BCUT2D eigenvalue weighted by Gasteiger charge is 2.19. The van der Waals surface area contributed by atoms with Crippen LogP contribution in [-0.2, 0) is 15.3 Å². The topological polar surface area (TPSA) is 98.0 Å². The van der Waals surface area contributed by atoms with Crippen LogP contribution in [0.15, 0.2) is 11.1 Å². The second-order valence-electron chi connectivity index (χ2n) is 5.29. The number of nitrogens with zero attached hydrogens (tertiary/aromatic N) is 2. The molecule has 0 aliphatic rings. The number of hydrogen-bond acceptors (Lipinski definition) is 7. The summed E-state index contributed by atoms with van der Waals surface area (Å²) >= 11 is 1.38. The monoisotopic (exact) mass is 304 g/mol. The van der Waals surface area contributed by atoms with Gasteiger partial charge in [-0.2, -0.15) is 0 Å². The van der Waals surface area contributed by atoms with Gasteiger partial charge in [-0.3, -0.25) is 0 Å². The van der Waals surface area contributed by atoms with E-state index in [9.17, 15) is 8.42 Å². The summed E-state index contributed by atoms with van der Waals surface area (Å²) < 4.78 is 22.2. The molecular formula is C11H20N4O2S2. The Bertz CT molecular complexity index is 538. The number of anilines is 1. The molecule has 1 aromatic heterocycles. The normalized spacial score (nSPS) is 12.5. The molecule has 8 heteroatoms. The highest BCUT2D eigenvalue weighted by atomic mass is 32.2. The largest absolute Gasteiger partial charge is 0.308 e. The van der Waals surface area contributed by atoms with Gasteiger partial charge in [0, 0.05) is 23.5 Å². The fourth-order valence-electron chi connectivity index (χ4n) is 1.21. The van der Waals surface area contributed by atoms with Crippen LogP contribution in [-0.4, -0.2) is 36.1 Å². The summed E-state index contributed by atoms with van der Waals surface area (Å²) in [5.41, 5.74) is 2.31. The highest BCUT2D eigenvalue weighted by Crippen LogP contribution is 2.24. The number of sulfone groups is 1. The molecule has 0 saturated heterocycles. The fourth-order valence-corrected chi connectivity index (χ4v) is 3.31. The molecule has 0 bridgehead atoms. The molecule has 0 amide bonds. The maximum atomic E-state index is 11.1. The fraction of sp³-hybridized carbons (Fsp3) is 0.636. The van der Waals surface area contributed by atoms with Crippen molar-refractivity contribution in [2.45, 2.75) is 31.2 Å². The summed E-state index contributed by atoms with van der Waals surface area (Å²) in [4.78, 5) is 8.73. The van der Waals surface area contributed by atoms with Crippen molar-refractivity contribution in [2.24, 2.45) is 5.84 Å². The van der Waals surface area contributed by atoms with Crippen LogP contribution in [0.1, 0.15) is 26.6 Å². The number of aromatic nitrogens is 2. The van der Waals surface area contributed by atoms with Crippen molar-refractivity contribution in [3.05, 3.63) is 11.9 Å². The quantitative estimate of drug-likeness (QED) is 0.365. The predicted octanol–water partition coefficient (Wildman–Crippen LogP) is 1.20. The van der Waals surface area contributed by atoms with Gasteiger partial charge in [-0.25, -0.2) is 24.2 Å². The number of nitrogens with two attached hydrogens (primary N) is 1. The van der Waals surface area contributed by atoms with Gasteiger partial charge in [-0.1, -0.05) is 20.8 Å². The summed E-state index contributed by atoms with van der Waals surface area (Å²) in [5.74, 6) is 7.17.